The van der Waals surface area contributed by atoms with Gasteiger partial charge in [-0.3, -0.25) is 4.79 Å². The third-order valence-electron chi connectivity index (χ3n) is 3.34. The molecule has 0 bridgehead atoms. The van der Waals surface area contributed by atoms with Crippen LogP contribution in [-0.2, 0) is 25.6 Å². The maximum atomic E-state index is 11.0. The van der Waals surface area contributed by atoms with Crippen LogP contribution in [0.5, 0.6) is 0 Å². The summed E-state index contributed by atoms with van der Waals surface area (Å²) in [5.74, 6) is -0.145. The van der Waals surface area contributed by atoms with Crippen LogP contribution in [0.25, 0.3) is 0 Å². The molecule has 3 atom stereocenters. The fourth-order valence-electron chi connectivity index (χ4n) is 2.48. The van der Waals surface area contributed by atoms with Gasteiger partial charge in [0.1, 0.15) is 12.2 Å². The van der Waals surface area contributed by atoms with E-state index in [2.05, 4.69) is 0 Å². The number of hydrogen-bond donors (Lipinski definition) is 0. The second-order valence-electron chi connectivity index (χ2n) is 4.77. The average Bonchev–Trinajstić information content (AvgIpc) is 2.87. The Morgan fingerprint density at radius 1 is 1.22 bits per heavy atom. The van der Waals surface area contributed by atoms with E-state index < -0.39 is 0 Å². The molecule has 0 N–H and O–H groups in total. The molecule has 0 aromatic heterocycles. The van der Waals surface area contributed by atoms with Gasteiger partial charge in [-0.25, -0.2) is 0 Å². The van der Waals surface area contributed by atoms with E-state index in [1.807, 2.05) is 30.3 Å². The summed E-state index contributed by atoms with van der Waals surface area (Å²) >= 11 is 0. The van der Waals surface area contributed by atoms with Crippen molar-refractivity contribution in [2.24, 2.45) is 0 Å². The van der Waals surface area contributed by atoms with Gasteiger partial charge in [0.25, 0.3) is 0 Å². The zero-order valence-electron chi connectivity index (χ0n) is 10.1. The van der Waals surface area contributed by atoms with Crippen LogP contribution in [0.2, 0.25) is 0 Å². The number of benzene rings is 1. The molecule has 3 rings (SSSR count). The van der Waals surface area contributed by atoms with Gasteiger partial charge in [-0.2, -0.15) is 0 Å². The lowest BCUT2D eigenvalue weighted by Crippen LogP contribution is -2.17. The maximum Gasteiger partial charge on any atom is 0.308 e. The Morgan fingerprint density at radius 3 is 2.83 bits per heavy atom. The summed E-state index contributed by atoms with van der Waals surface area (Å²) < 4.78 is 16.5. The summed E-state index contributed by atoms with van der Waals surface area (Å²) in [6.07, 6.45) is 1.09. The number of carbonyl (C=O) groups excluding carboxylic acids is 1. The third-order valence-corrected chi connectivity index (χ3v) is 3.34. The summed E-state index contributed by atoms with van der Waals surface area (Å²) in [5, 5.41) is 0. The predicted octanol–water partition coefficient (Wildman–Crippen LogP) is 1.68. The maximum absolute atomic E-state index is 11.0. The SMILES string of the molecule is O=C1C[C@H]2O[C@H](COCc3ccccc3)C[C@H]2O1. The summed E-state index contributed by atoms with van der Waals surface area (Å²) in [6, 6.07) is 10.0. The highest BCUT2D eigenvalue weighted by molar-refractivity contribution is 5.72. The van der Waals surface area contributed by atoms with E-state index in [-0.39, 0.29) is 24.3 Å². The second kappa shape index (κ2) is 5.08. The topological polar surface area (TPSA) is 44.8 Å². The first-order chi connectivity index (χ1) is 8.81. The number of rotatable bonds is 4. The van der Waals surface area contributed by atoms with Crippen LogP contribution in [-0.4, -0.2) is 30.9 Å². The van der Waals surface area contributed by atoms with E-state index in [0.29, 0.717) is 19.6 Å². The molecule has 0 unspecified atom stereocenters. The highest BCUT2D eigenvalue weighted by atomic mass is 16.6. The normalized spacial score (nSPS) is 30.2. The van der Waals surface area contributed by atoms with Crippen LogP contribution in [0.15, 0.2) is 30.3 Å². The zero-order chi connectivity index (χ0) is 12.4. The minimum atomic E-state index is -0.145. The average molecular weight is 248 g/mol. The minimum Gasteiger partial charge on any atom is -0.459 e. The second-order valence-corrected chi connectivity index (χ2v) is 4.77. The number of carbonyl (C=O) groups is 1. The molecule has 2 heterocycles. The fraction of sp³-hybridized carbons (Fsp3) is 0.500. The number of ether oxygens (including phenoxy) is 3. The molecule has 4 nitrogen and oxygen atoms in total. The van der Waals surface area contributed by atoms with Crippen molar-refractivity contribution in [3.63, 3.8) is 0 Å². The third kappa shape index (κ3) is 2.54. The van der Waals surface area contributed by atoms with Gasteiger partial charge in [-0.15, -0.1) is 0 Å². The van der Waals surface area contributed by atoms with E-state index in [1.165, 1.54) is 0 Å². The summed E-state index contributed by atoms with van der Waals surface area (Å²) in [6.45, 7) is 1.15. The molecule has 2 aliphatic heterocycles. The van der Waals surface area contributed by atoms with Crippen molar-refractivity contribution < 1.29 is 19.0 Å². The van der Waals surface area contributed by atoms with Crippen LogP contribution in [0.1, 0.15) is 18.4 Å². The number of esters is 1. The van der Waals surface area contributed by atoms with Crippen molar-refractivity contribution in [2.75, 3.05) is 6.61 Å². The van der Waals surface area contributed by atoms with Crippen LogP contribution in [0.4, 0.5) is 0 Å². The summed E-state index contributed by atoms with van der Waals surface area (Å²) in [7, 11) is 0. The lowest BCUT2D eigenvalue weighted by Gasteiger charge is -2.11. The largest absolute Gasteiger partial charge is 0.459 e. The quantitative estimate of drug-likeness (QED) is 0.760. The Labute approximate surface area is 106 Å². The first-order valence-corrected chi connectivity index (χ1v) is 6.28. The van der Waals surface area contributed by atoms with E-state index in [9.17, 15) is 4.79 Å². The van der Waals surface area contributed by atoms with Gasteiger partial charge >= 0.3 is 5.97 Å². The fourth-order valence-corrected chi connectivity index (χ4v) is 2.48. The highest BCUT2D eigenvalue weighted by Gasteiger charge is 2.44. The van der Waals surface area contributed by atoms with Crippen molar-refractivity contribution in [1.29, 1.82) is 0 Å². The lowest BCUT2D eigenvalue weighted by molar-refractivity contribution is -0.141. The molecule has 96 valence electrons. The van der Waals surface area contributed by atoms with Crippen LogP contribution in [0.3, 0.4) is 0 Å². The summed E-state index contributed by atoms with van der Waals surface area (Å²) in [4.78, 5) is 11.0. The molecule has 2 aliphatic rings. The van der Waals surface area contributed by atoms with Crippen LogP contribution in [0, 0.1) is 0 Å². The zero-order valence-corrected chi connectivity index (χ0v) is 10.1. The molecular formula is C14H16O4. The van der Waals surface area contributed by atoms with Crippen molar-refractivity contribution in [3.05, 3.63) is 35.9 Å². The Morgan fingerprint density at radius 2 is 2.06 bits per heavy atom. The van der Waals surface area contributed by atoms with Gasteiger partial charge in [0.2, 0.25) is 0 Å². The van der Waals surface area contributed by atoms with Crippen molar-refractivity contribution in [3.8, 4) is 0 Å². The molecule has 0 amide bonds. The van der Waals surface area contributed by atoms with Gasteiger partial charge in [0.05, 0.1) is 25.7 Å². The lowest BCUT2D eigenvalue weighted by atomic mass is 10.1. The highest BCUT2D eigenvalue weighted by Crippen LogP contribution is 2.31. The standard InChI is InChI=1S/C14H16O4/c15-14-7-13-12(18-14)6-11(17-13)9-16-8-10-4-2-1-3-5-10/h1-5,11-13H,6-9H2/t11-,12+,13+/m0/s1. The molecular weight excluding hydrogens is 232 g/mol. The monoisotopic (exact) mass is 248 g/mol. The molecule has 1 aromatic rings. The van der Waals surface area contributed by atoms with Crippen LogP contribution < -0.4 is 0 Å². The smallest absolute Gasteiger partial charge is 0.308 e. The van der Waals surface area contributed by atoms with Gasteiger partial charge in [0.15, 0.2) is 0 Å². The van der Waals surface area contributed by atoms with Crippen molar-refractivity contribution >= 4 is 5.97 Å². The number of fused-ring (bicyclic) bond motifs is 1. The molecule has 4 heteroatoms. The van der Waals surface area contributed by atoms with E-state index >= 15 is 0 Å². The molecule has 0 saturated carbocycles. The Bertz CT molecular complexity index is 401. The number of hydrogen-bond acceptors (Lipinski definition) is 4. The molecule has 2 fully saturated rings. The summed E-state index contributed by atoms with van der Waals surface area (Å²) in [5.41, 5.74) is 1.15. The molecule has 0 spiro atoms. The van der Waals surface area contributed by atoms with Crippen LogP contribution >= 0.6 is 0 Å². The van der Waals surface area contributed by atoms with E-state index in [1.54, 1.807) is 0 Å². The van der Waals surface area contributed by atoms with Gasteiger partial charge in [0, 0.05) is 6.42 Å². The van der Waals surface area contributed by atoms with E-state index in [4.69, 9.17) is 14.2 Å². The van der Waals surface area contributed by atoms with Gasteiger partial charge in [-0.05, 0) is 5.56 Å². The van der Waals surface area contributed by atoms with Crippen molar-refractivity contribution in [1.82, 2.24) is 0 Å². The van der Waals surface area contributed by atoms with E-state index in [0.717, 1.165) is 12.0 Å². The molecule has 0 radical (unpaired) electrons. The molecule has 2 saturated heterocycles. The Kier molecular flexibility index (Phi) is 3.30. The predicted molar refractivity (Wildman–Crippen MR) is 63.9 cm³/mol. The first kappa shape index (κ1) is 11.7. The molecule has 0 aliphatic carbocycles. The van der Waals surface area contributed by atoms with Gasteiger partial charge < -0.3 is 14.2 Å². The minimum absolute atomic E-state index is 0.0526. The van der Waals surface area contributed by atoms with Gasteiger partial charge in [-0.1, -0.05) is 30.3 Å². The molecule has 18 heavy (non-hydrogen) atoms. The Balaban J connectivity index is 1.42. The molecule has 1 aromatic carbocycles. The van der Waals surface area contributed by atoms with Crippen molar-refractivity contribution in [2.45, 2.75) is 37.8 Å². The first-order valence-electron chi connectivity index (χ1n) is 6.28. The Hall–Kier alpha value is -1.39.